The monoisotopic (exact) mass is 381 g/mol. The van der Waals surface area contributed by atoms with Gasteiger partial charge in [-0.05, 0) is 53.9 Å². The Morgan fingerprint density at radius 2 is 1.81 bits per heavy atom. The Bertz CT molecular complexity index is 1080. The van der Waals surface area contributed by atoms with Crippen LogP contribution < -0.4 is 10.5 Å². The highest BCUT2D eigenvalue weighted by molar-refractivity contribution is 7.92. The van der Waals surface area contributed by atoms with Crippen molar-refractivity contribution < 1.29 is 13.5 Å². The van der Waals surface area contributed by atoms with Crippen molar-refractivity contribution in [3.05, 3.63) is 77.5 Å². The zero-order valence-electron chi connectivity index (χ0n) is 14.6. The highest BCUT2D eigenvalue weighted by atomic mass is 32.2. The van der Waals surface area contributed by atoms with Gasteiger partial charge in [0.05, 0.1) is 4.90 Å². The second-order valence-electron chi connectivity index (χ2n) is 5.99. The molecular weight excluding hydrogens is 362 g/mol. The van der Waals surface area contributed by atoms with Crippen LogP contribution in [0.15, 0.2) is 65.7 Å². The minimum atomic E-state index is -3.70. The number of aryl methyl sites for hydroxylation is 1. The van der Waals surface area contributed by atoms with Crippen LogP contribution in [0.4, 0.5) is 11.5 Å². The molecule has 0 aliphatic heterocycles. The highest BCUT2D eigenvalue weighted by Gasteiger charge is 2.14. The average molecular weight is 381 g/mol. The maximum absolute atomic E-state index is 12.4. The van der Waals surface area contributed by atoms with Gasteiger partial charge in [-0.2, -0.15) is 0 Å². The maximum Gasteiger partial charge on any atom is 0.263 e. The van der Waals surface area contributed by atoms with Gasteiger partial charge in [0.25, 0.3) is 10.0 Å². The molecule has 0 bridgehead atoms. The Hall–Kier alpha value is -3.32. The van der Waals surface area contributed by atoms with E-state index in [1.54, 1.807) is 43.3 Å². The van der Waals surface area contributed by atoms with Gasteiger partial charge in [-0.3, -0.25) is 4.72 Å². The largest absolute Gasteiger partial charge is 0.508 e. The lowest BCUT2D eigenvalue weighted by Gasteiger charge is -2.07. The normalized spacial score (nSPS) is 11.6. The van der Waals surface area contributed by atoms with Gasteiger partial charge in [-0.1, -0.05) is 30.4 Å². The summed E-state index contributed by atoms with van der Waals surface area (Å²) in [6, 6.07) is 14.7. The lowest BCUT2D eigenvalue weighted by atomic mass is 10.1. The number of nitrogen functional groups attached to an aromatic ring is 1. The van der Waals surface area contributed by atoms with E-state index in [4.69, 9.17) is 5.73 Å². The number of nitrogens with zero attached hydrogens (tertiary/aromatic N) is 1. The number of hydrogen-bond donors (Lipinski definition) is 3. The van der Waals surface area contributed by atoms with E-state index in [0.717, 1.165) is 16.7 Å². The van der Waals surface area contributed by atoms with Crippen molar-refractivity contribution in [3.8, 4) is 5.75 Å². The third-order valence-electron chi connectivity index (χ3n) is 3.95. The molecule has 0 saturated carbocycles. The van der Waals surface area contributed by atoms with Crippen molar-refractivity contribution in [2.75, 3.05) is 10.5 Å². The number of aromatic hydroxyl groups is 1. The first-order valence-electron chi connectivity index (χ1n) is 8.16. The highest BCUT2D eigenvalue weighted by Crippen LogP contribution is 2.25. The summed E-state index contributed by atoms with van der Waals surface area (Å²) in [4.78, 5) is 4.10. The van der Waals surface area contributed by atoms with Crippen LogP contribution in [-0.2, 0) is 10.0 Å². The van der Waals surface area contributed by atoms with Gasteiger partial charge >= 0.3 is 0 Å². The Morgan fingerprint density at radius 3 is 2.48 bits per heavy atom. The van der Waals surface area contributed by atoms with Gasteiger partial charge < -0.3 is 10.8 Å². The van der Waals surface area contributed by atoms with E-state index in [2.05, 4.69) is 9.71 Å². The Labute approximate surface area is 158 Å². The number of anilines is 2. The van der Waals surface area contributed by atoms with E-state index in [1.807, 2.05) is 12.2 Å². The minimum absolute atomic E-state index is 0.144. The summed E-state index contributed by atoms with van der Waals surface area (Å²) in [5.41, 5.74) is 8.69. The second-order valence-corrected chi connectivity index (χ2v) is 7.67. The van der Waals surface area contributed by atoms with E-state index in [1.165, 1.54) is 24.4 Å². The van der Waals surface area contributed by atoms with E-state index >= 15 is 0 Å². The molecule has 0 aliphatic carbocycles. The van der Waals surface area contributed by atoms with Crippen LogP contribution in [-0.4, -0.2) is 18.5 Å². The second kappa shape index (κ2) is 7.51. The van der Waals surface area contributed by atoms with Gasteiger partial charge in [0.1, 0.15) is 11.6 Å². The number of nitrogens with two attached hydrogens (primary N) is 1. The van der Waals surface area contributed by atoms with Gasteiger partial charge in [0.2, 0.25) is 0 Å². The molecule has 2 aromatic carbocycles. The summed E-state index contributed by atoms with van der Waals surface area (Å²) in [6.45, 7) is 1.79. The molecule has 0 saturated heterocycles. The van der Waals surface area contributed by atoms with Gasteiger partial charge in [-0.25, -0.2) is 13.4 Å². The number of aromatic nitrogens is 1. The Kier molecular flexibility index (Phi) is 5.14. The van der Waals surface area contributed by atoms with Crippen LogP contribution in [0.3, 0.4) is 0 Å². The molecule has 27 heavy (non-hydrogen) atoms. The maximum atomic E-state index is 12.4. The van der Waals surface area contributed by atoms with Gasteiger partial charge in [0.15, 0.2) is 0 Å². The summed E-state index contributed by atoms with van der Waals surface area (Å²) in [7, 11) is -3.70. The number of sulfonamides is 1. The van der Waals surface area contributed by atoms with Crippen LogP contribution in [0.1, 0.15) is 16.7 Å². The number of phenolic OH excluding ortho intramolecular Hbond substituents is 1. The molecule has 0 amide bonds. The molecule has 1 aromatic heterocycles. The smallest absolute Gasteiger partial charge is 0.263 e. The molecule has 7 heteroatoms. The van der Waals surface area contributed by atoms with Crippen molar-refractivity contribution in [1.82, 2.24) is 4.98 Å². The van der Waals surface area contributed by atoms with Crippen LogP contribution >= 0.6 is 0 Å². The third kappa shape index (κ3) is 4.45. The molecule has 138 valence electrons. The van der Waals surface area contributed by atoms with E-state index in [-0.39, 0.29) is 16.5 Å². The third-order valence-corrected chi connectivity index (χ3v) is 5.32. The van der Waals surface area contributed by atoms with Crippen molar-refractivity contribution in [2.45, 2.75) is 11.8 Å². The first kappa shape index (κ1) is 18.5. The predicted molar refractivity (Wildman–Crippen MR) is 108 cm³/mol. The fourth-order valence-corrected chi connectivity index (χ4v) is 3.45. The van der Waals surface area contributed by atoms with Crippen LogP contribution in [0.5, 0.6) is 5.75 Å². The molecule has 4 N–H and O–H groups in total. The molecule has 0 atom stereocenters. The molecule has 3 aromatic rings. The quantitative estimate of drug-likeness (QED) is 0.462. The molecule has 6 nitrogen and oxygen atoms in total. The van der Waals surface area contributed by atoms with Gasteiger partial charge in [-0.15, -0.1) is 0 Å². The standard InChI is InChI=1S/C20H19N3O3S/c1-14-12-16(18(21)13-19(14)24)8-5-15-6-9-17(10-7-15)27(25,26)23-20-4-2-3-11-22-20/h2-13,24H,21H2,1H3,(H,22,23). The zero-order valence-corrected chi connectivity index (χ0v) is 15.4. The molecule has 0 fully saturated rings. The number of benzene rings is 2. The Balaban J connectivity index is 1.78. The summed E-state index contributed by atoms with van der Waals surface area (Å²) < 4.78 is 27.2. The zero-order chi connectivity index (χ0) is 19.4. The molecule has 3 rings (SSSR count). The molecule has 0 aliphatic rings. The topological polar surface area (TPSA) is 105 Å². The first-order valence-corrected chi connectivity index (χ1v) is 9.64. The summed E-state index contributed by atoms with van der Waals surface area (Å²) in [6.07, 6.45) is 5.16. The van der Waals surface area contributed by atoms with Crippen molar-refractivity contribution >= 4 is 33.7 Å². The van der Waals surface area contributed by atoms with Crippen LogP contribution in [0.2, 0.25) is 0 Å². The average Bonchev–Trinajstić information content (AvgIpc) is 2.64. The Morgan fingerprint density at radius 1 is 1.07 bits per heavy atom. The number of nitrogens with one attached hydrogen (secondary N) is 1. The predicted octanol–water partition coefficient (Wildman–Crippen LogP) is 3.65. The first-order chi connectivity index (χ1) is 12.8. The lowest BCUT2D eigenvalue weighted by Crippen LogP contribution is -2.13. The molecular formula is C20H19N3O3S. The van der Waals surface area contributed by atoms with Crippen molar-refractivity contribution in [2.24, 2.45) is 0 Å². The van der Waals surface area contributed by atoms with E-state index in [0.29, 0.717) is 5.69 Å². The number of pyridine rings is 1. The van der Waals surface area contributed by atoms with Crippen molar-refractivity contribution in [1.29, 1.82) is 0 Å². The fourth-order valence-electron chi connectivity index (χ4n) is 2.44. The number of rotatable bonds is 5. The van der Waals surface area contributed by atoms with Crippen LogP contribution in [0, 0.1) is 6.92 Å². The van der Waals surface area contributed by atoms with Crippen LogP contribution in [0.25, 0.3) is 12.2 Å². The number of hydrogen-bond acceptors (Lipinski definition) is 5. The fraction of sp³-hybridized carbons (Fsp3) is 0.0500. The number of phenols is 1. The lowest BCUT2D eigenvalue weighted by molar-refractivity contribution is 0.471. The van der Waals surface area contributed by atoms with E-state index in [9.17, 15) is 13.5 Å². The molecule has 0 unspecified atom stereocenters. The minimum Gasteiger partial charge on any atom is -0.508 e. The molecule has 0 spiro atoms. The summed E-state index contributed by atoms with van der Waals surface area (Å²) in [5.74, 6) is 0.416. The summed E-state index contributed by atoms with van der Waals surface area (Å²) in [5, 5.41) is 9.65. The summed E-state index contributed by atoms with van der Waals surface area (Å²) >= 11 is 0. The molecule has 1 heterocycles. The van der Waals surface area contributed by atoms with Gasteiger partial charge in [0, 0.05) is 18.0 Å². The van der Waals surface area contributed by atoms with E-state index < -0.39 is 10.0 Å². The SMILES string of the molecule is Cc1cc(C=Cc2ccc(S(=O)(=O)Nc3ccccn3)cc2)c(N)cc1O. The van der Waals surface area contributed by atoms with Crippen molar-refractivity contribution in [3.63, 3.8) is 0 Å². The molecule has 0 radical (unpaired) electrons.